The van der Waals surface area contributed by atoms with Crippen LogP contribution in [0.25, 0.3) is 0 Å². The van der Waals surface area contributed by atoms with Crippen LogP contribution in [0, 0.1) is 6.92 Å². The van der Waals surface area contributed by atoms with Crippen molar-refractivity contribution in [1.29, 1.82) is 0 Å². The van der Waals surface area contributed by atoms with Crippen LogP contribution >= 0.6 is 0 Å². The van der Waals surface area contributed by atoms with Gasteiger partial charge >= 0.3 is 6.03 Å². The van der Waals surface area contributed by atoms with Gasteiger partial charge in [0.2, 0.25) is 0 Å². The van der Waals surface area contributed by atoms with Gasteiger partial charge in [0.25, 0.3) is 5.91 Å². The minimum atomic E-state index is -0.689. The number of hydrogen-bond acceptors (Lipinski definition) is 4. The number of nitrogens with zero attached hydrogens (tertiary/aromatic N) is 1. The molecule has 3 rings (SSSR count). The van der Waals surface area contributed by atoms with Gasteiger partial charge in [-0.15, -0.1) is 0 Å². The summed E-state index contributed by atoms with van der Waals surface area (Å²) in [5.74, 6) is 0.689. The average Bonchev–Trinajstić information content (AvgIpc) is 2.77. The standard InChI is InChI=1S/C16H21N3O3/c1-12-2-4-13(5-3-12)22-11-10-19-8-6-16(7-9-19)14(20)17-15(21)18-16/h2-5H,6-11H2,1H3,(H2,17,18,20,21). The Balaban J connectivity index is 1.43. The highest BCUT2D eigenvalue weighted by Crippen LogP contribution is 2.25. The number of benzene rings is 1. The molecule has 2 heterocycles. The van der Waals surface area contributed by atoms with Crippen LogP contribution < -0.4 is 15.4 Å². The lowest BCUT2D eigenvalue weighted by molar-refractivity contribution is -0.125. The first-order chi connectivity index (χ1) is 10.6. The normalized spacial score (nSPS) is 20.8. The highest BCUT2D eigenvalue weighted by Gasteiger charge is 2.47. The third-order valence-electron chi connectivity index (χ3n) is 4.42. The number of rotatable bonds is 4. The molecule has 3 amide bonds. The molecule has 0 saturated carbocycles. The van der Waals surface area contributed by atoms with Gasteiger partial charge in [-0.05, 0) is 31.9 Å². The lowest BCUT2D eigenvalue weighted by atomic mass is 9.88. The van der Waals surface area contributed by atoms with Crippen molar-refractivity contribution < 1.29 is 14.3 Å². The van der Waals surface area contributed by atoms with E-state index in [0.717, 1.165) is 25.4 Å². The zero-order chi connectivity index (χ0) is 15.6. The van der Waals surface area contributed by atoms with Gasteiger partial charge in [-0.3, -0.25) is 15.0 Å². The van der Waals surface area contributed by atoms with Gasteiger partial charge in [0.15, 0.2) is 0 Å². The van der Waals surface area contributed by atoms with Gasteiger partial charge < -0.3 is 10.1 Å². The van der Waals surface area contributed by atoms with Crippen molar-refractivity contribution in [3.8, 4) is 5.75 Å². The first-order valence-electron chi connectivity index (χ1n) is 7.63. The highest BCUT2D eigenvalue weighted by atomic mass is 16.5. The number of nitrogens with one attached hydrogen (secondary N) is 2. The summed E-state index contributed by atoms with van der Waals surface area (Å²) < 4.78 is 5.73. The van der Waals surface area contributed by atoms with Crippen LogP contribution in [-0.2, 0) is 4.79 Å². The molecule has 1 aromatic carbocycles. The van der Waals surface area contributed by atoms with Crippen molar-refractivity contribution in [2.24, 2.45) is 0 Å². The van der Waals surface area contributed by atoms with Crippen LogP contribution in [0.1, 0.15) is 18.4 Å². The lowest BCUT2D eigenvalue weighted by Gasteiger charge is -2.36. The summed E-state index contributed by atoms with van der Waals surface area (Å²) in [7, 11) is 0. The van der Waals surface area contributed by atoms with Crippen molar-refractivity contribution in [3.05, 3.63) is 29.8 Å². The van der Waals surface area contributed by atoms with Crippen molar-refractivity contribution in [2.45, 2.75) is 25.3 Å². The fourth-order valence-electron chi connectivity index (χ4n) is 2.97. The summed E-state index contributed by atoms with van der Waals surface area (Å²) in [6.45, 7) is 5.05. The summed E-state index contributed by atoms with van der Waals surface area (Å²) >= 11 is 0. The first-order valence-corrected chi connectivity index (χ1v) is 7.63. The molecular weight excluding hydrogens is 282 g/mol. The van der Waals surface area contributed by atoms with Gasteiger partial charge in [-0.2, -0.15) is 0 Å². The first kappa shape index (κ1) is 14.8. The number of likely N-dealkylation sites (tertiary alicyclic amines) is 1. The molecular formula is C16H21N3O3. The molecule has 2 saturated heterocycles. The van der Waals surface area contributed by atoms with E-state index in [1.165, 1.54) is 5.56 Å². The number of carbonyl (C=O) groups is 2. The number of piperidine rings is 1. The second-order valence-corrected chi connectivity index (χ2v) is 5.99. The van der Waals surface area contributed by atoms with E-state index in [0.29, 0.717) is 19.4 Å². The molecule has 0 atom stereocenters. The number of urea groups is 1. The number of imide groups is 1. The van der Waals surface area contributed by atoms with Gasteiger partial charge in [-0.1, -0.05) is 17.7 Å². The van der Waals surface area contributed by atoms with Crippen molar-refractivity contribution in [3.63, 3.8) is 0 Å². The molecule has 6 nitrogen and oxygen atoms in total. The van der Waals surface area contributed by atoms with Gasteiger partial charge in [-0.25, -0.2) is 4.79 Å². The Morgan fingerprint density at radius 3 is 2.45 bits per heavy atom. The lowest BCUT2D eigenvalue weighted by Crippen LogP contribution is -2.55. The smallest absolute Gasteiger partial charge is 0.322 e. The number of amides is 3. The van der Waals surface area contributed by atoms with Gasteiger partial charge in [0.05, 0.1) is 0 Å². The highest BCUT2D eigenvalue weighted by molar-refractivity contribution is 6.07. The summed E-state index contributed by atoms with van der Waals surface area (Å²) in [4.78, 5) is 25.4. The van der Waals surface area contributed by atoms with E-state index in [9.17, 15) is 9.59 Å². The Bertz CT molecular complexity index is 563. The monoisotopic (exact) mass is 303 g/mol. The van der Waals surface area contributed by atoms with Gasteiger partial charge in [0, 0.05) is 19.6 Å². The van der Waals surface area contributed by atoms with Crippen LogP contribution in [0.4, 0.5) is 4.79 Å². The molecule has 0 radical (unpaired) electrons. The predicted molar refractivity (Wildman–Crippen MR) is 81.8 cm³/mol. The summed E-state index contributed by atoms with van der Waals surface area (Å²) in [5, 5.41) is 5.10. The number of ether oxygens (including phenoxy) is 1. The largest absolute Gasteiger partial charge is 0.492 e. The Labute approximate surface area is 129 Å². The average molecular weight is 303 g/mol. The third-order valence-corrected chi connectivity index (χ3v) is 4.42. The minimum Gasteiger partial charge on any atom is -0.492 e. The van der Waals surface area contributed by atoms with E-state index in [-0.39, 0.29) is 11.9 Å². The van der Waals surface area contributed by atoms with Crippen molar-refractivity contribution >= 4 is 11.9 Å². The third kappa shape index (κ3) is 3.06. The van der Waals surface area contributed by atoms with Crippen LogP contribution in [0.15, 0.2) is 24.3 Å². The van der Waals surface area contributed by atoms with Crippen LogP contribution in [0.2, 0.25) is 0 Å². The molecule has 2 aliphatic heterocycles. The molecule has 0 aromatic heterocycles. The zero-order valence-corrected chi connectivity index (χ0v) is 12.7. The molecule has 22 heavy (non-hydrogen) atoms. The maximum Gasteiger partial charge on any atom is 0.322 e. The second-order valence-electron chi connectivity index (χ2n) is 5.99. The fourth-order valence-corrected chi connectivity index (χ4v) is 2.97. The molecule has 0 aliphatic carbocycles. The van der Waals surface area contributed by atoms with Gasteiger partial charge in [0.1, 0.15) is 17.9 Å². The summed E-state index contributed by atoms with van der Waals surface area (Å²) in [6, 6.07) is 7.63. The molecule has 2 N–H and O–H groups in total. The maximum absolute atomic E-state index is 11.9. The van der Waals surface area contributed by atoms with E-state index in [1.54, 1.807) is 0 Å². The Kier molecular flexibility index (Phi) is 4.02. The molecule has 1 spiro atoms. The number of carbonyl (C=O) groups excluding carboxylic acids is 2. The van der Waals surface area contributed by atoms with E-state index < -0.39 is 5.54 Å². The van der Waals surface area contributed by atoms with E-state index >= 15 is 0 Å². The predicted octanol–water partition coefficient (Wildman–Crippen LogP) is 1.05. The summed E-state index contributed by atoms with van der Waals surface area (Å²) in [5.41, 5.74) is 0.524. The van der Waals surface area contributed by atoms with Crippen LogP contribution in [0.5, 0.6) is 5.75 Å². The quantitative estimate of drug-likeness (QED) is 0.816. The zero-order valence-electron chi connectivity index (χ0n) is 12.7. The van der Waals surface area contributed by atoms with Crippen molar-refractivity contribution in [2.75, 3.05) is 26.2 Å². The molecule has 1 aromatic rings. The molecule has 118 valence electrons. The van der Waals surface area contributed by atoms with E-state index in [1.807, 2.05) is 31.2 Å². The van der Waals surface area contributed by atoms with Crippen LogP contribution in [0.3, 0.4) is 0 Å². The minimum absolute atomic E-state index is 0.187. The molecule has 6 heteroatoms. The van der Waals surface area contributed by atoms with E-state index in [4.69, 9.17) is 4.74 Å². The molecule has 0 unspecified atom stereocenters. The van der Waals surface area contributed by atoms with E-state index in [2.05, 4.69) is 15.5 Å². The topological polar surface area (TPSA) is 70.7 Å². The van der Waals surface area contributed by atoms with Crippen molar-refractivity contribution in [1.82, 2.24) is 15.5 Å². The maximum atomic E-state index is 11.9. The van der Waals surface area contributed by atoms with Crippen LogP contribution in [-0.4, -0.2) is 48.6 Å². The number of aryl methyl sites for hydroxylation is 1. The molecule has 2 aliphatic rings. The Morgan fingerprint density at radius 2 is 1.86 bits per heavy atom. The number of hydrogen-bond donors (Lipinski definition) is 2. The SMILES string of the molecule is Cc1ccc(OCCN2CCC3(CC2)NC(=O)NC3=O)cc1. The molecule has 0 bridgehead atoms. The Hall–Kier alpha value is -2.08. The molecule has 2 fully saturated rings. The Morgan fingerprint density at radius 1 is 1.18 bits per heavy atom. The fraction of sp³-hybridized carbons (Fsp3) is 0.500. The second kappa shape index (κ2) is 5.96. The summed E-state index contributed by atoms with van der Waals surface area (Å²) in [6.07, 6.45) is 1.30.